The van der Waals surface area contributed by atoms with Crippen LogP contribution in [0.25, 0.3) is 16.4 Å². The molecule has 9 rings (SSSR count). The topological polar surface area (TPSA) is 30.2 Å². The van der Waals surface area contributed by atoms with Gasteiger partial charge in [-0.2, -0.15) is 5.10 Å². The van der Waals surface area contributed by atoms with Gasteiger partial charge in [0.25, 0.3) is 0 Å². The third kappa shape index (κ3) is 9.17. The van der Waals surface area contributed by atoms with Crippen LogP contribution in [0.4, 0.5) is 0 Å². The van der Waals surface area contributed by atoms with Crippen LogP contribution >= 0.6 is 15.8 Å². The first-order valence-electron chi connectivity index (χ1n) is 17.0. The van der Waals surface area contributed by atoms with E-state index < -0.39 is 15.8 Å². The van der Waals surface area contributed by atoms with Crippen LogP contribution in [0.1, 0.15) is 0 Å². The van der Waals surface area contributed by atoms with E-state index >= 15 is 0 Å². The summed E-state index contributed by atoms with van der Waals surface area (Å²) >= 11 is 0. The molecule has 0 spiro atoms. The maximum atomic E-state index is 4.17. The van der Waals surface area contributed by atoms with Gasteiger partial charge in [-0.05, 0) is 72.8 Å². The molecule has 3 nitrogen and oxygen atoms in total. The predicted molar refractivity (Wildman–Crippen MR) is 222 cm³/mol. The predicted octanol–water partition coefficient (Wildman–Crippen LogP) is 8.03. The zero-order chi connectivity index (χ0) is 34.5. The maximum absolute atomic E-state index is 4.17. The molecule has 0 N–H and O–H groups in total. The molecule has 9 aromatic rings. The summed E-state index contributed by atoms with van der Waals surface area (Å²) in [6.45, 7) is 0. The summed E-state index contributed by atoms with van der Waals surface area (Å²) in [5.41, 5.74) is 0.859. The van der Waals surface area contributed by atoms with Crippen molar-refractivity contribution in [2.24, 2.45) is 0 Å². The van der Waals surface area contributed by atoms with Crippen molar-refractivity contribution >= 4 is 64.1 Å². The smallest absolute Gasteiger partial charge is 0.264 e. The van der Waals surface area contributed by atoms with Gasteiger partial charge < -0.3 is 0 Å². The molecule has 6 heteroatoms. The number of hydrogen-bond donors (Lipinski definition) is 0. The largest absolute Gasteiger partial charge is 1.00 e. The molecule has 0 unspecified atom stereocenters. The Morgan fingerprint density at radius 1 is 0.404 bits per heavy atom. The second-order valence-corrected chi connectivity index (χ2v) is 16.8. The van der Waals surface area contributed by atoms with E-state index in [1.165, 1.54) is 31.8 Å². The zero-order valence-electron chi connectivity index (χ0n) is 28.4. The van der Waals surface area contributed by atoms with Gasteiger partial charge in [0.15, 0.2) is 0 Å². The van der Waals surface area contributed by atoms with Crippen LogP contribution in [0.3, 0.4) is 0 Å². The van der Waals surface area contributed by atoms with Gasteiger partial charge in [-0.3, -0.25) is 9.50 Å². The molecule has 256 valence electrons. The van der Waals surface area contributed by atoms with Gasteiger partial charge in [0.2, 0.25) is 0 Å². The summed E-state index contributed by atoms with van der Waals surface area (Å²) in [5.74, 6) is 0. The number of aromatic nitrogens is 3. The van der Waals surface area contributed by atoms with Gasteiger partial charge in [0.05, 0.1) is 21.5 Å². The summed E-state index contributed by atoms with van der Waals surface area (Å²) < 4.78 is 1.75. The first-order chi connectivity index (χ1) is 25.3. The molecule has 0 amide bonds. The molecule has 0 atom stereocenters. The average molecular weight is 758 g/mol. The summed E-state index contributed by atoms with van der Waals surface area (Å²) in [6.07, 6.45) is 3.45. The van der Waals surface area contributed by atoms with Crippen molar-refractivity contribution in [2.75, 3.05) is 0 Å². The molecule has 0 fully saturated rings. The van der Waals surface area contributed by atoms with E-state index in [0.29, 0.717) is 0 Å². The van der Waals surface area contributed by atoms with Crippen molar-refractivity contribution in [3.63, 3.8) is 0 Å². The Morgan fingerprint density at radius 3 is 1.10 bits per heavy atom. The first kappa shape index (κ1) is 36.6. The van der Waals surface area contributed by atoms with Crippen LogP contribution in [-0.4, -0.2) is 14.6 Å². The Bertz CT molecular complexity index is 2050. The van der Waals surface area contributed by atoms with Crippen LogP contribution in [0.15, 0.2) is 219 Å². The number of fused-ring (bicyclic) bond motifs is 3. The Labute approximate surface area is 319 Å². The van der Waals surface area contributed by atoms with Gasteiger partial charge >= 0.3 is 17.1 Å². The van der Waals surface area contributed by atoms with Crippen molar-refractivity contribution in [3.05, 3.63) is 225 Å². The molecule has 52 heavy (non-hydrogen) atoms. The zero-order valence-corrected chi connectivity index (χ0v) is 31.4. The molecule has 2 aromatic heterocycles. The third-order valence-electron chi connectivity index (χ3n) is 8.46. The van der Waals surface area contributed by atoms with Gasteiger partial charge in [-0.1, -0.05) is 121 Å². The minimum absolute atomic E-state index is 0. The molecule has 0 radical (unpaired) electrons. The number of hydrogen-bond acceptors (Lipinski definition) is 2. The van der Waals surface area contributed by atoms with Crippen molar-refractivity contribution < 1.29 is 17.1 Å². The third-order valence-corrected chi connectivity index (χ3v) is 13.9. The van der Waals surface area contributed by atoms with Gasteiger partial charge in [-0.15, -0.1) is 29.7 Å². The molecule has 2 heterocycles. The maximum Gasteiger partial charge on any atom is 1.00 e. The number of nitrogens with zero attached hydrogens (tertiary/aromatic N) is 3. The van der Waals surface area contributed by atoms with Gasteiger partial charge in [-0.25, -0.2) is 0 Å². The Kier molecular flexibility index (Phi) is 13.3. The van der Waals surface area contributed by atoms with E-state index in [0.717, 1.165) is 16.4 Å². The van der Waals surface area contributed by atoms with Crippen molar-refractivity contribution in [3.8, 4) is 0 Å². The molecule has 0 saturated carbocycles. The minimum Gasteiger partial charge on any atom is -0.264 e. The van der Waals surface area contributed by atoms with Crippen molar-refractivity contribution in [1.82, 2.24) is 14.6 Å². The molecule has 0 aliphatic rings. The van der Waals surface area contributed by atoms with Crippen LogP contribution in [0, 0.1) is 6.07 Å². The monoisotopic (exact) mass is 757 g/mol. The summed E-state index contributed by atoms with van der Waals surface area (Å²) in [5, 5.41) is 14.8. The SMILES string of the molecule is [Cu+].[c-]1cccc2ccn3ncnc3c12.c1ccc([PH+](c2ccccc2)c2ccccc2)cc1.c1ccc([PH+](c2ccccc2)c2ccccc2)cc1. The molecule has 0 aliphatic carbocycles. The second-order valence-electron chi connectivity index (χ2n) is 11.8. The van der Waals surface area contributed by atoms with Crippen molar-refractivity contribution in [1.29, 1.82) is 0 Å². The molecule has 7 aromatic carbocycles. The van der Waals surface area contributed by atoms with E-state index in [9.17, 15) is 0 Å². The fourth-order valence-corrected chi connectivity index (χ4v) is 11.3. The first-order valence-corrected chi connectivity index (χ1v) is 20.0. The average Bonchev–Trinajstić information content (AvgIpc) is 3.71. The van der Waals surface area contributed by atoms with E-state index in [1.54, 1.807) is 10.8 Å². The number of rotatable bonds is 6. The van der Waals surface area contributed by atoms with Crippen LogP contribution in [0.2, 0.25) is 0 Å². The van der Waals surface area contributed by atoms with Crippen LogP contribution in [0.5, 0.6) is 0 Å². The van der Waals surface area contributed by atoms with Crippen LogP contribution < -0.4 is 31.8 Å². The number of pyridine rings is 1. The Balaban J connectivity index is 0.000000135. The van der Waals surface area contributed by atoms with E-state index in [4.69, 9.17) is 0 Å². The van der Waals surface area contributed by atoms with E-state index in [2.05, 4.69) is 198 Å². The van der Waals surface area contributed by atoms with Crippen molar-refractivity contribution in [2.45, 2.75) is 0 Å². The fourth-order valence-electron chi connectivity index (χ4n) is 6.10. The molecule has 0 saturated heterocycles. The molecule has 0 bridgehead atoms. The van der Waals surface area contributed by atoms with Gasteiger partial charge in [0.1, 0.15) is 38.2 Å². The summed E-state index contributed by atoms with van der Waals surface area (Å²) in [6, 6.07) is 76.1. The van der Waals surface area contributed by atoms with Gasteiger partial charge in [0, 0.05) is 6.20 Å². The summed E-state index contributed by atoms with van der Waals surface area (Å²) in [7, 11) is -1.75. The van der Waals surface area contributed by atoms with E-state index in [1.807, 2.05) is 30.5 Å². The summed E-state index contributed by atoms with van der Waals surface area (Å²) in [4.78, 5) is 4.17. The molecule has 0 aliphatic heterocycles. The minimum atomic E-state index is -0.877. The Hall–Kier alpha value is -5.20. The van der Waals surface area contributed by atoms with E-state index in [-0.39, 0.29) is 17.1 Å². The molecular weight excluding hydrogens is 720 g/mol. The Morgan fingerprint density at radius 2 is 0.750 bits per heavy atom. The normalized spacial score (nSPS) is 10.5. The number of benzene rings is 7. The molecular formula is C46H38CuN3P2+2. The fraction of sp³-hybridized carbons (Fsp3) is 0. The standard InChI is InChI=1S/2C18H15P.C10H6N3.Cu/c2*1-4-10-16(11-5-1)19(17-12-6-2-7-13-17)18-14-8-3-9-15-18;1-2-4-9-8(3-1)5-6-13-10(9)11-7-12-13;/h2*1-15H;1-3,5-7H;/q;;-1;+1/p+2. The second kappa shape index (κ2) is 18.9. The van der Waals surface area contributed by atoms with Crippen LogP contribution in [-0.2, 0) is 17.1 Å². The quantitative estimate of drug-likeness (QED) is 0.0978.